The van der Waals surface area contributed by atoms with Crippen LogP contribution in [0.4, 0.5) is 5.69 Å². The number of nitrogens with zero attached hydrogens (tertiary/aromatic N) is 2. The lowest BCUT2D eigenvalue weighted by molar-refractivity contribution is -0.384. The van der Waals surface area contributed by atoms with Crippen molar-refractivity contribution in [2.45, 2.75) is 13.1 Å². The molecule has 0 saturated carbocycles. The van der Waals surface area contributed by atoms with Gasteiger partial charge in [0, 0.05) is 65.0 Å². The number of fused-ring (bicyclic) bond motifs is 2. The van der Waals surface area contributed by atoms with Gasteiger partial charge in [-0.05, 0) is 47.5 Å². The Bertz CT molecular complexity index is 1360. The van der Waals surface area contributed by atoms with Crippen LogP contribution in [-0.4, -0.2) is 25.7 Å². The molecule has 0 bridgehead atoms. The van der Waals surface area contributed by atoms with Crippen molar-refractivity contribution < 1.29 is 9.72 Å². The molecule has 32 heavy (non-hydrogen) atoms. The van der Waals surface area contributed by atoms with Crippen molar-refractivity contribution in [1.82, 2.24) is 14.9 Å². The first-order valence-corrected chi connectivity index (χ1v) is 10.2. The lowest BCUT2D eigenvalue weighted by Crippen LogP contribution is -2.30. The molecule has 0 aliphatic heterocycles. The molecule has 0 aliphatic rings. The maximum absolute atomic E-state index is 13.5. The highest BCUT2D eigenvalue weighted by Crippen LogP contribution is 2.24. The number of carbonyl (C=O) groups is 1. The highest BCUT2D eigenvalue weighted by Gasteiger charge is 2.20. The monoisotopic (exact) mass is 424 g/mol. The molecule has 0 unspecified atom stereocenters. The van der Waals surface area contributed by atoms with Gasteiger partial charge in [-0.25, -0.2) is 0 Å². The SMILES string of the molecule is O=C(c1ccc([N+](=O)[O-])cc1)N(Cc1cccc2[nH]ccc12)Cc1cccc2[nH]ccc12. The van der Waals surface area contributed by atoms with E-state index in [1.165, 1.54) is 24.3 Å². The summed E-state index contributed by atoms with van der Waals surface area (Å²) in [6.45, 7) is 0.817. The summed E-state index contributed by atoms with van der Waals surface area (Å²) >= 11 is 0. The first kappa shape index (κ1) is 19.6. The minimum atomic E-state index is -0.467. The molecule has 0 aliphatic carbocycles. The quantitative estimate of drug-likeness (QED) is 0.282. The van der Waals surface area contributed by atoms with E-state index in [9.17, 15) is 14.9 Å². The van der Waals surface area contributed by atoms with Gasteiger partial charge in [0.2, 0.25) is 0 Å². The van der Waals surface area contributed by atoms with Gasteiger partial charge < -0.3 is 14.9 Å². The summed E-state index contributed by atoms with van der Waals surface area (Å²) in [5.74, 6) is -0.181. The summed E-state index contributed by atoms with van der Waals surface area (Å²) in [5.41, 5.74) is 4.46. The third kappa shape index (κ3) is 3.60. The Balaban J connectivity index is 1.53. The predicted octanol–water partition coefficient (Wildman–Crippen LogP) is 5.40. The number of hydrogen-bond acceptors (Lipinski definition) is 3. The zero-order chi connectivity index (χ0) is 22.1. The summed E-state index contributed by atoms with van der Waals surface area (Å²) < 4.78 is 0. The number of hydrogen-bond donors (Lipinski definition) is 2. The molecular formula is C25H20N4O3. The number of rotatable bonds is 6. The molecule has 3 aromatic carbocycles. The van der Waals surface area contributed by atoms with Gasteiger partial charge >= 0.3 is 0 Å². The van der Waals surface area contributed by atoms with Crippen LogP contribution in [0.15, 0.2) is 85.2 Å². The fraction of sp³-hybridized carbons (Fsp3) is 0.0800. The van der Waals surface area contributed by atoms with Gasteiger partial charge in [0.15, 0.2) is 0 Å². The second kappa shape index (κ2) is 8.03. The van der Waals surface area contributed by atoms with Crippen LogP contribution in [0.2, 0.25) is 0 Å². The van der Waals surface area contributed by atoms with Crippen LogP contribution >= 0.6 is 0 Å². The van der Waals surface area contributed by atoms with Crippen LogP contribution in [0.3, 0.4) is 0 Å². The highest BCUT2D eigenvalue weighted by molar-refractivity contribution is 5.95. The Morgan fingerprint density at radius 1 is 0.781 bits per heavy atom. The molecule has 5 rings (SSSR count). The number of nitro groups is 1. The zero-order valence-corrected chi connectivity index (χ0v) is 17.1. The normalized spacial score (nSPS) is 11.1. The molecule has 2 heterocycles. The third-order valence-electron chi connectivity index (χ3n) is 5.71. The third-order valence-corrected chi connectivity index (χ3v) is 5.71. The highest BCUT2D eigenvalue weighted by atomic mass is 16.6. The molecule has 0 atom stereocenters. The molecule has 5 aromatic rings. The number of carbonyl (C=O) groups excluding carboxylic acids is 1. The Hall–Kier alpha value is -4.39. The van der Waals surface area contributed by atoms with E-state index in [1.54, 1.807) is 4.90 Å². The fourth-order valence-corrected chi connectivity index (χ4v) is 4.10. The topological polar surface area (TPSA) is 95.0 Å². The number of aromatic amines is 2. The molecule has 1 amide bonds. The molecule has 0 fully saturated rings. The van der Waals surface area contributed by atoms with Gasteiger partial charge in [0.1, 0.15) is 0 Å². The summed E-state index contributed by atoms with van der Waals surface area (Å²) in [7, 11) is 0. The van der Waals surface area contributed by atoms with Crippen molar-refractivity contribution >= 4 is 33.4 Å². The molecule has 158 valence electrons. The van der Waals surface area contributed by atoms with Crippen LogP contribution < -0.4 is 0 Å². The van der Waals surface area contributed by atoms with E-state index in [4.69, 9.17) is 0 Å². The molecule has 0 spiro atoms. The van der Waals surface area contributed by atoms with Crippen LogP contribution in [0, 0.1) is 10.1 Å². The minimum Gasteiger partial charge on any atom is -0.361 e. The number of benzene rings is 3. The second-order valence-electron chi connectivity index (χ2n) is 7.68. The zero-order valence-electron chi connectivity index (χ0n) is 17.1. The average molecular weight is 424 g/mol. The van der Waals surface area contributed by atoms with Crippen LogP contribution in [0.5, 0.6) is 0 Å². The molecule has 7 heteroatoms. The van der Waals surface area contributed by atoms with Crippen LogP contribution in [0.1, 0.15) is 21.5 Å². The van der Waals surface area contributed by atoms with E-state index in [-0.39, 0.29) is 11.6 Å². The van der Waals surface area contributed by atoms with Gasteiger partial charge in [-0.1, -0.05) is 24.3 Å². The van der Waals surface area contributed by atoms with Crippen LogP contribution in [0.25, 0.3) is 21.8 Å². The van der Waals surface area contributed by atoms with Crippen molar-refractivity contribution in [1.29, 1.82) is 0 Å². The molecule has 2 aromatic heterocycles. The van der Waals surface area contributed by atoms with Crippen molar-refractivity contribution in [2.75, 3.05) is 0 Å². The minimum absolute atomic E-state index is 0.0396. The standard InChI is InChI=1S/C25H20N4O3/c30-25(17-7-9-20(10-8-17)29(31)32)28(15-18-3-1-5-23-21(18)11-13-26-23)16-19-4-2-6-24-22(19)12-14-27-24/h1-14,26-27H,15-16H2. The molecule has 2 N–H and O–H groups in total. The number of nitrogens with one attached hydrogen (secondary N) is 2. The second-order valence-corrected chi connectivity index (χ2v) is 7.68. The first-order chi connectivity index (χ1) is 15.6. The van der Waals surface area contributed by atoms with Gasteiger partial charge in [-0.3, -0.25) is 14.9 Å². The Morgan fingerprint density at radius 2 is 1.31 bits per heavy atom. The van der Waals surface area contributed by atoms with Gasteiger partial charge in [-0.15, -0.1) is 0 Å². The van der Waals surface area contributed by atoms with Gasteiger partial charge in [-0.2, -0.15) is 0 Å². The smallest absolute Gasteiger partial charge is 0.269 e. The lowest BCUT2D eigenvalue weighted by Gasteiger charge is -2.24. The predicted molar refractivity (Wildman–Crippen MR) is 123 cm³/mol. The Kier molecular flexibility index (Phi) is 4.91. The summed E-state index contributed by atoms with van der Waals surface area (Å²) in [6, 6.07) is 21.7. The summed E-state index contributed by atoms with van der Waals surface area (Å²) in [5, 5.41) is 13.1. The van der Waals surface area contributed by atoms with E-state index >= 15 is 0 Å². The van der Waals surface area contributed by atoms with Gasteiger partial charge in [0.25, 0.3) is 11.6 Å². The molecule has 0 saturated heterocycles. The lowest BCUT2D eigenvalue weighted by atomic mass is 10.1. The summed E-state index contributed by atoms with van der Waals surface area (Å²) in [4.78, 5) is 32.3. The van der Waals surface area contributed by atoms with E-state index in [0.29, 0.717) is 18.7 Å². The van der Waals surface area contributed by atoms with E-state index in [2.05, 4.69) is 9.97 Å². The van der Waals surface area contributed by atoms with Crippen molar-refractivity contribution in [2.24, 2.45) is 0 Å². The maximum Gasteiger partial charge on any atom is 0.269 e. The van der Waals surface area contributed by atoms with Gasteiger partial charge in [0.05, 0.1) is 4.92 Å². The molecule has 0 radical (unpaired) electrons. The van der Waals surface area contributed by atoms with Crippen molar-refractivity contribution in [3.05, 3.63) is 112 Å². The number of nitro benzene ring substituents is 1. The number of non-ortho nitro benzene ring substituents is 1. The average Bonchev–Trinajstić information content (AvgIpc) is 3.48. The number of H-pyrrole nitrogens is 2. The van der Waals surface area contributed by atoms with Crippen molar-refractivity contribution in [3.8, 4) is 0 Å². The van der Waals surface area contributed by atoms with E-state index in [1.807, 2.05) is 60.9 Å². The fourth-order valence-electron chi connectivity index (χ4n) is 4.10. The van der Waals surface area contributed by atoms with Crippen molar-refractivity contribution in [3.63, 3.8) is 0 Å². The largest absolute Gasteiger partial charge is 0.361 e. The Morgan fingerprint density at radius 3 is 1.81 bits per heavy atom. The first-order valence-electron chi connectivity index (χ1n) is 10.2. The van der Waals surface area contributed by atoms with Crippen LogP contribution in [-0.2, 0) is 13.1 Å². The van der Waals surface area contributed by atoms with E-state index < -0.39 is 4.92 Å². The summed E-state index contributed by atoms with van der Waals surface area (Å²) in [6.07, 6.45) is 3.77. The maximum atomic E-state index is 13.5. The molecular weight excluding hydrogens is 404 g/mol. The van der Waals surface area contributed by atoms with E-state index in [0.717, 1.165) is 32.9 Å². The number of amides is 1. The Labute approximate surface area is 183 Å². The number of aromatic nitrogens is 2. The molecule has 7 nitrogen and oxygen atoms in total.